The number of nitrogens with one attached hydrogen (secondary N) is 1. The van der Waals surface area contributed by atoms with Gasteiger partial charge in [0.1, 0.15) is 12.4 Å². The Labute approximate surface area is 160 Å². The van der Waals surface area contributed by atoms with Crippen LogP contribution in [-0.4, -0.2) is 28.1 Å². The van der Waals surface area contributed by atoms with Gasteiger partial charge in [-0.1, -0.05) is 18.2 Å². The zero-order chi connectivity index (χ0) is 17.5. The fraction of sp³-hybridized carbons (Fsp3) is 0.158. The van der Waals surface area contributed by atoms with E-state index in [0.29, 0.717) is 18.7 Å². The van der Waals surface area contributed by atoms with E-state index >= 15 is 0 Å². The van der Waals surface area contributed by atoms with E-state index in [-0.39, 0.29) is 11.9 Å². The monoisotopic (exact) mass is 447 g/mol. The molecule has 1 atom stereocenters. The molecular formula is C19H18IN3O2. The highest BCUT2D eigenvalue weighted by molar-refractivity contribution is 14.1. The number of benzene rings is 2. The first-order valence-electron chi connectivity index (χ1n) is 7.91. The number of hydrogen-bond acceptors (Lipinski definition) is 3. The molecule has 0 radical (unpaired) electrons. The summed E-state index contributed by atoms with van der Waals surface area (Å²) in [5.41, 5.74) is 0.635. The third kappa shape index (κ3) is 5.32. The van der Waals surface area contributed by atoms with E-state index in [4.69, 9.17) is 4.74 Å². The first-order chi connectivity index (χ1) is 12.2. The van der Waals surface area contributed by atoms with Crippen LogP contribution in [0, 0.1) is 3.57 Å². The van der Waals surface area contributed by atoms with Crippen LogP contribution in [0.5, 0.6) is 5.75 Å². The minimum absolute atomic E-state index is 0.113. The number of aromatic nitrogens is 2. The zero-order valence-electron chi connectivity index (χ0n) is 13.5. The normalized spacial score (nSPS) is 11.7. The van der Waals surface area contributed by atoms with Gasteiger partial charge in [0.05, 0.1) is 12.4 Å². The quantitative estimate of drug-likeness (QED) is 0.566. The van der Waals surface area contributed by atoms with Gasteiger partial charge in [-0.25, -0.2) is 4.98 Å². The number of carbonyl (C=O) groups is 1. The summed E-state index contributed by atoms with van der Waals surface area (Å²) in [6, 6.07) is 16.9. The Hall–Kier alpha value is -2.35. The smallest absolute Gasteiger partial charge is 0.251 e. The Balaban J connectivity index is 1.66. The maximum atomic E-state index is 12.5. The van der Waals surface area contributed by atoms with Crippen molar-refractivity contribution in [3.05, 3.63) is 82.5 Å². The maximum Gasteiger partial charge on any atom is 0.251 e. The third-order valence-electron chi connectivity index (χ3n) is 3.63. The molecule has 0 aliphatic heterocycles. The van der Waals surface area contributed by atoms with Crippen molar-refractivity contribution < 1.29 is 9.53 Å². The number of amides is 1. The van der Waals surface area contributed by atoms with Gasteiger partial charge in [-0.15, -0.1) is 0 Å². The van der Waals surface area contributed by atoms with Crippen molar-refractivity contribution >= 4 is 28.5 Å². The Morgan fingerprint density at radius 2 is 1.92 bits per heavy atom. The number of para-hydroxylation sites is 1. The lowest BCUT2D eigenvalue weighted by Gasteiger charge is -2.20. The second kappa shape index (κ2) is 8.66. The van der Waals surface area contributed by atoms with Crippen LogP contribution in [0.4, 0.5) is 0 Å². The fourth-order valence-electron chi connectivity index (χ4n) is 2.37. The van der Waals surface area contributed by atoms with Gasteiger partial charge in [-0.2, -0.15) is 0 Å². The molecule has 0 bridgehead atoms. The largest absolute Gasteiger partial charge is 0.491 e. The SMILES string of the molecule is O=C(N[C@@H](COc1ccccc1)Cn1ccnc1)c1ccc(I)cc1. The van der Waals surface area contributed by atoms with Gasteiger partial charge in [0.2, 0.25) is 0 Å². The van der Waals surface area contributed by atoms with Crippen molar-refractivity contribution in [3.63, 3.8) is 0 Å². The van der Waals surface area contributed by atoms with Crippen LogP contribution in [0.3, 0.4) is 0 Å². The summed E-state index contributed by atoms with van der Waals surface area (Å²) >= 11 is 2.22. The minimum Gasteiger partial charge on any atom is -0.491 e. The molecule has 5 nitrogen and oxygen atoms in total. The standard InChI is InChI=1S/C19H18IN3O2/c20-16-8-6-15(7-9-16)19(24)22-17(12-23-11-10-21-14-23)13-25-18-4-2-1-3-5-18/h1-11,14,17H,12-13H2,(H,22,24)/t17-/m1/s1. The van der Waals surface area contributed by atoms with E-state index in [1.54, 1.807) is 12.5 Å². The summed E-state index contributed by atoms with van der Waals surface area (Å²) in [6.07, 6.45) is 5.31. The molecule has 1 amide bonds. The lowest BCUT2D eigenvalue weighted by Crippen LogP contribution is -2.42. The van der Waals surface area contributed by atoms with Crippen molar-refractivity contribution in [1.82, 2.24) is 14.9 Å². The first-order valence-corrected chi connectivity index (χ1v) is 8.98. The lowest BCUT2D eigenvalue weighted by atomic mass is 10.2. The van der Waals surface area contributed by atoms with Gasteiger partial charge in [0.15, 0.2) is 0 Å². The van der Waals surface area contributed by atoms with E-state index in [1.807, 2.05) is 65.4 Å². The van der Waals surface area contributed by atoms with Crippen LogP contribution >= 0.6 is 22.6 Å². The molecule has 3 rings (SSSR count). The number of rotatable bonds is 7. The summed E-state index contributed by atoms with van der Waals surface area (Å²) in [7, 11) is 0. The van der Waals surface area contributed by atoms with Crippen molar-refractivity contribution in [3.8, 4) is 5.75 Å². The molecule has 25 heavy (non-hydrogen) atoms. The molecule has 1 aromatic heterocycles. The number of halogens is 1. The number of hydrogen-bond donors (Lipinski definition) is 1. The zero-order valence-corrected chi connectivity index (χ0v) is 15.7. The van der Waals surface area contributed by atoms with Gasteiger partial charge >= 0.3 is 0 Å². The molecule has 1 heterocycles. The predicted molar refractivity (Wildman–Crippen MR) is 105 cm³/mol. The van der Waals surface area contributed by atoms with Crippen LogP contribution in [0.2, 0.25) is 0 Å². The number of carbonyl (C=O) groups excluding carboxylic acids is 1. The third-order valence-corrected chi connectivity index (χ3v) is 4.35. The average Bonchev–Trinajstić information content (AvgIpc) is 3.14. The van der Waals surface area contributed by atoms with Gasteiger partial charge < -0.3 is 14.6 Å². The highest BCUT2D eigenvalue weighted by atomic mass is 127. The average molecular weight is 447 g/mol. The molecule has 3 aromatic rings. The van der Waals surface area contributed by atoms with Crippen LogP contribution in [-0.2, 0) is 6.54 Å². The summed E-state index contributed by atoms with van der Waals surface area (Å²) in [4.78, 5) is 16.6. The van der Waals surface area contributed by atoms with Crippen LogP contribution in [0.1, 0.15) is 10.4 Å². The first kappa shape index (κ1) is 17.5. The van der Waals surface area contributed by atoms with E-state index in [1.165, 1.54) is 0 Å². The van der Waals surface area contributed by atoms with Gasteiger partial charge in [0.25, 0.3) is 5.91 Å². The topological polar surface area (TPSA) is 56.1 Å². The Bertz CT molecular complexity index is 789. The number of ether oxygens (including phenoxy) is 1. The predicted octanol–water partition coefficient (Wildman–Crippen LogP) is 3.37. The Morgan fingerprint density at radius 3 is 2.60 bits per heavy atom. The molecule has 0 unspecified atom stereocenters. The summed E-state index contributed by atoms with van der Waals surface area (Å²) in [6.45, 7) is 0.960. The summed E-state index contributed by atoms with van der Waals surface area (Å²) < 4.78 is 8.84. The molecule has 0 aliphatic rings. The van der Waals surface area contributed by atoms with Gasteiger partial charge in [-0.05, 0) is 59.0 Å². The van der Waals surface area contributed by atoms with Crippen molar-refractivity contribution in [2.45, 2.75) is 12.6 Å². The van der Waals surface area contributed by atoms with Crippen LogP contribution < -0.4 is 10.1 Å². The van der Waals surface area contributed by atoms with Crippen LogP contribution in [0.15, 0.2) is 73.3 Å². The molecule has 0 saturated carbocycles. The van der Waals surface area contributed by atoms with E-state index in [0.717, 1.165) is 9.32 Å². The molecule has 6 heteroatoms. The van der Waals surface area contributed by atoms with Crippen LogP contribution in [0.25, 0.3) is 0 Å². The Kier molecular flexibility index (Phi) is 6.05. The van der Waals surface area contributed by atoms with Crippen molar-refractivity contribution in [1.29, 1.82) is 0 Å². The Morgan fingerprint density at radius 1 is 1.16 bits per heavy atom. The molecule has 0 aliphatic carbocycles. The number of imidazole rings is 1. The van der Waals surface area contributed by atoms with Gasteiger partial charge in [-0.3, -0.25) is 4.79 Å². The second-order valence-corrected chi connectivity index (χ2v) is 6.81. The van der Waals surface area contributed by atoms with E-state index in [9.17, 15) is 4.79 Å². The molecule has 2 aromatic carbocycles. The highest BCUT2D eigenvalue weighted by Crippen LogP contribution is 2.10. The molecule has 0 saturated heterocycles. The summed E-state index contributed by atoms with van der Waals surface area (Å²) in [5.74, 6) is 0.667. The molecule has 0 spiro atoms. The van der Waals surface area contributed by atoms with E-state index < -0.39 is 0 Å². The van der Waals surface area contributed by atoms with E-state index in [2.05, 4.69) is 32.9 Å². The molecule has 1 N–H and O–H groups in total. The highest BCUT2D eigenvalue weighted by Gasteiger charge is 2.15. The number of nitrogens with zero attached hydrogens (tertiary/aromatic N) is 2. The second-order valence-electron chi connectivity index (χ2n) is 5.56. The van der Waals surface area contributed by atoms with Crippen molar-refractivity contribution in [2.75, 3.05) is 6.61 Å². The molecule has 0 fully saturated rings. The molecule has 128 valence electrons. The maximum absolute atomic E-state index is 12.5. The lowest BCUT2D eigenvalue weighted by molar-refractivity contribution is 0.0915. The van der Waals surface area contributed by atoms with Crippen molar-refractivity contribution in [2.24, 2.45) is 0 Å². The molecular weight excluding hydrogens is 429 g/mol. The summed E-state index contributed by atoms with van der Waals surface area (Å²) in [5, 5.41) is 3.05. The van der Waals surface area contributed by atoms with Gasteiger partial charge in [0, 0.05) is 28.1 Å². The fourth-order valence-corrected chi connectivity index (χ4v) is 2.73. The minimum atomic E-state index is -0.179.